The fourth-order valence-electron chi connectivity index (χ4n) is 2.85. The SMILES string of the molecule is Cc1ccc(NC(=O)[C@H](OC(=O)/C=C/c2ccccc2[N+](=O)[O-])c2ccccc2)cc1. The van der Waals surface area contributed by atoms with Crippen molar-refractivity contribution in [3.63, 3.8) is 0 Å². The van der Waals surface area contributed by atoms with Gasteiger partial charge in [-0.25, -0.2) is 4.79 Å². The van der Waals surface area contributed by atoms with Crippen molar-refractivity contribution in [3.05, 3.63) is 112 Å². The van der Waals surface area contributed by atoms with Crippen molar-refractivity contribution in [2.75, 3.05) is 5.32 Å². The minimum absolute atomic E-state index is 0.136. The van der Waals surface area contributed by atoms with Crippen molar-refractivity contribution in [2.24, 2.45) is 0 Å². The van der Waals surface area contributed by atoms with Gasteiger partial charge in [0.05, 0.1) is 10.5 Å². The molecule has 0 radical (unpaired) electrons. The van der Waals surface area contributed by atoms with Gasteiger partial charge in [0, 0.05) is 23.4 Å². The number of amides is 1. The average molecular weight is 416 g/mol. The molecular weight excluding hydrogens is 396 g/mol. The number of hydrogen-bond donors (Lipinski definition) is 1. The molecule has 0 spiro atoms. The van der Waals surface area contributed by atoms with Crippen LogP contribution in [0.4, 0.5) is 11.4 Å². The lowest BCUT2D eigenvalue weighted by atomic mass is 10.1. The standard InChI is InChI=1S/C24H20N2O5/c1-17-11-14-20(15-12-17)25-24(28)23(19-8-3-2-4-9-19)31-22(27)16-13-18-7-5-6-10-21(18)26(29)30/h2-16,23H,1H3,(H,25,28)/b16-13+/t23-/m1/s1. The monoisotopic (exact) mass is 416 g/mol. The minimum Gasteiger partial charge on any atom is -0.444 e. The third-order valence-corrected chi connectivity index (χ3v) is 4.43. The summed E-state index contributed by atoms with van der Waals surface area (Å²) in [6, 6.07) is 21.9. The number of hydrogen-bond acceptors (Lipinski definition) is 5. The van der Waals surface area contributed by atoms with E-state index in [-0.39, 0.29) is 11.3 Å². The van der Waals surface area contributed by atoms with E-state index >= 15 is 0 Å². The van der Waals surface area contributed by atoms with Crippen LogP contribution in [0.15, 0.2) is 84.9 Å². The summed E-state index contributed by atoms with van der Waals surface area (Å²) in [5, 5.41) is 13.9. The Kier molecular flexibility index (Phi) is 6.90. The number of benzene rings is 3. The van der Waals surface area contributed by atoms with Crippen molar-refractivity contribution in [2.45, 2.75) is 13.0 Å². The second-order valence-electron chi connectivity index (χ2n) is 6.73. The quantitative estimate of drug-likeness (QED) is 0.257. The largest absolute Gasteiger partial charge is 0.444 e. The van der Waals surface area contributed by atoms with E-state index in [4.69, 9.17) is 4.74 Å². The lowest BCUT2D eigenvalue weighted by molar-refractivity contribution is -0.385. The molecule has 0 unspecified atom stereocenters. The van der Waals surface area contributed by atoms with Gasteiger partial charge in [-0.3, -0.25) is 14.9 Å². The molecule has 1 amide bonds. The van der Waals surface area contributed by atoms with Crippen molar-refractivity contribution in [1.29, 1.82) is 0 Å². The van der Waals surface area contributed by atoms with Crippen LogP contribution in [0.3, 0.4) is 0 Å². The zero-order valence-electron chi connectivity index (χ0n) is 16.7. The molecule has 3 aromatic carbocycles. The van der Waals surface area contributed by atoms with Crippen molar-refractivity contribution in [1.82, 2.24) is 0 Å². The number of para-hydroxylation sites is 1. The van der Waals surface area contributed by atoms with Gasteiger partial charge in [-0.15, -0.1) is 0 Å². The molecule has 0 saturated heterocycles. The first kappa shape index (κ1) is 21.4. The molecular formula is C24H20N2O5. The van der Waals surface area contributed by atoms with Gasteiger partial charge in [-0.1, -0.05) is 60.2 Å². The van der Waals surface area contributed by atoms with E-state index in [0.29, 0.717) is 11.3 Å². The van der Waals surface area contributed by atoms with E-state index < -0.39 is 22.9 Å². The van der Waals surface area contributed by atoms with Gasteiger partial charge in [0.1, 0.15) is 0 Å². The maximum atomic E-state index is 12.8. The second-order valence-corrected chi connectivity index (χ2v) is 6.73. The molecule has 3 rings (SSSR count). The number of aryl methyl sites for hydroxylation is 1. The molecule has 0 aliphatic heterocycles. The van der Waals surface area contributed by atoms with E-state index in [9.17, 15) is 19.7 Å². The Bertz CT molecular complexity index is 1110. The summed E-state index contributed by atoms with van der Waals surface area (Å²) in [6.07, 6.45) is 1.17. The average Bonchev–Trinajstić information content (AvgIpc) is 2.78. The Hall–Kier alpha value is -4.26. The van der Waals surface area contributed by atoms with Crippen molar-refractivity contribution >= 4 is 29.3 Å². The summed E-state index contributed by atoms with van der Waals surface area (Å²) in [5.74, 6) is -1.31. The molecule has 31 heavy (non-hydrogen) atoms. The molecule has 1 atom stereocenters. The lowest BCUT2D eigenvalue weighted by Gasteiger charge is -2.17. The third-order valence-electron chi connectivity index (χ3n) is 4.43. The Balaban J connectivity index is 1.79. The maximum Gasteiger partial charge on any atom is 0.331 e. The van der Waals surface area contributed by atoms with Crippen LogP contribution in [0.2, 0.25) is 0 Å². The molecule has 0 aliphatic rings. The van der Waals surface area contributed by atoms with E-state index in [1.807, 2.05) is 19.1 Å². The highest BCUT2D eigenvalue weighted by molar-refractivity contribution is 5.97. The van der Waals surface area contributed by atoms with E-state index in [0.717, 1.165) is 11.6 Å². The number of nitrogens with one attached hydrogen (secondary N) is 1. The predicted octanol–water partition coefficient (Wildman–Crippen LogP) is 4.84. The molecule has 3 aromatic rings. The molecule has 0 saturated carbocycles. The van der Waals surface area contributed by atoms with Gasteiger partial charge in [-0.2, -0.15) is 0 Å². The van der Waals surface area contributed by atoms with Gasteiger partial charge in [0.15, 0.2) is 0 Å². The maximum absolute atomic E-state index is 12.8. The number of rotatable bonds is 7. The van der Waals surface area contributed by atoms with Gasteiger partial charge < -0.3 is 10.1 Å². The van der Waals surface area contributed by atoms with E-state index in [1.54, 1.807) is 48.5 Å². The molecule has 0 bridgehead atoms. The van der Waals surface area contributed by atoms with E-state index in [2.05, 4.69) is 5.32 Å². The summed E-state index contributed by atoms with van der Waals surface area (Å²) < 4.78 is 5.41. The number of nitro benzene ring substituents is 1. The summed E-state index contributed by atoms with van der Waals surface area (Å²) in [4.78, 5) is 35.9. The van der Waals surface area contributed by atoms with E-state index in [1.165, 1.54) is 24.3 Å². The van der Waals surface area contributed by atoms with Crippen LogP contribution in [0.25, 0.3) is 6.08 Å². The first-order chi connectivity index (χ1) is 14.9. The summed E-state index contributed by atoms with van der Waals surface area (Å²) in [7, 11) is 0. The number of nitrogens with zero attached hydrogens (tertiary/aromatic N) is 1. The summed E-state index contributed by atoms with van der Waals surface area (Å²) in [5.41, 5.74) is 2.24. The number of anilines is 1. The Morgan fingerprint density at radius 2 is 1.61 bits per heavy atom. The molecule has 0 aliphatic carbocycles. The molecule has 7 heteroatoms. The first-order valence-electron chi connectivity index (χ1n) is 9.48. The number of carbonyl (C=O) groups is 2. The Labute approximate surface area is 179 Å². The lowest BCUT2D eigenvalue weighted by Crippen LogP contribution is -2.25. The van der Waals surface area contributed by atoms with Gasteiger partial charge in [-0.05, 0) is 31.2 Å². The highest BCUT2D eigenvalue weighted by Crippen LogP contribution is 2.22. The number of nitro groups is 1. The Morgan fingerprint density at radius 3 is 2.29 bits per heavy atom. The zero-order chi connectivity index (χ0) is 22.2. The summed E-state index contributed by atoms with van der Waals surface area (Å²) in [6.45, 7) is 1.93. The zero-order valence-corrected chi connectivity index (χ0v) is 16.7. The predicted molar refractivity (Wildman–Crippen MR) is 117 cm³/mol. The summed E-state index contributed by atoms with van der Waals surface area (Å²) >= 11 is 0. The van der Waals surface area contributed by atoms with Crippen LogP contribution in [-0.2, 0) is 14.3 Å². The Morgan fingerprint density at radius 1 is 0.968 bits per heavy atom. The van der Waals surface area contributed by atoms with Gasteiger partial charge in [0.2, 0.25) is 6.10 Å². The van der Waals surface area contributed by atoms with Crippen LogP contribution < -0.4 is 5.32 Å². The normalized spacial score (nSPS) is 11.6. The fraction of sp³-hybridized carbons (Fsp3) is 0.0833. The van der Waals surface area contributed by atoms with Gasteiger partial charge in [0.25, 0.3) is 11.6 Å². The smallest absolute Gasteiger partial charge is 0.331 e. The molecule has 1 N–H and O–H groups in total. The molecule has 0 aromatic heterocycles. The fourth-order valence-corrected chi connectivity index (χ4v) is 2.85. The number of ether oxygens (including phenoxy) is 1. The van der Waals surface area contributed by atoms with Crippen molar-refractivity contribution in [3.8, 4) is 0 Å². The van der Waals surface area contributed by atoms with Crippen molar-refractivity contribution < 1.29 is 19.2 Å². The topological polar surface area (TPSA) is 98.5 Å². The second kappa shape index (κ2) is 9.98. The van der Waals surface area contributed by atoms with Crippen LogP contribution in [0.5, 0.6) is 0 Å². The molecule has 0 fully saturated rings. The molecule has 7 nitrogen and oxygen atoms in total. The van der Waals surface area contributed by atoms with Crippen LogP contribution in [0, 0.1) is 17.0 Å². The van der Waals surface area contributed by atoms with Gasteiger partial charge >= 0.3 is 5.97 Å². The van der Waals surface area contributed by atoms with Crippen LogP contribution in [-0.4, -0.2) is 16.8 Å². The molecule has 156 valence electrons. The highest BCUT2D eigenvalue weighted by atomic mass is 16.6. The van der Waals surface area contributed by atoms with Crippen LogP contribution in [0.1, 0.15) is 22.8 Å². The minimum atomic E-state index is -1.19. The molecule has 0 heterocycles. The first-order valence-corrected chi connectivity index (χ1v) is 9.48. The third kappa shape index (κ3) is 5.86. The number of esters is 1. The number of carbonyl (C=O) groups excluding carboxylic acids is 2. The van der Waals surface area contributed by atoms with Crippen LogP contribution >= 0.6 is 0 Å². The highest BCUT2D eigenvalue weighted by Gasteiger charge is 2.24.